The Hall–Kier alpha value is -1.49. The van der Waals surface area contributed by atoms with Crippen molar-refractivity contribution in [3.63, 3.8) is 0 Å². The van der Waals surface area contributed by atoms with Crippen LogP contribution in [-0.4, -0.2) is 35.1 Å². The molecule has 1 aliphatic rings. The highest BCUT2D eigenvalue weighted by Gasteiger charge is 2.18. The Morgan fingerprint density at radius 2 is 2.27 bits per heavy atom. The maximum atomic E-state index is 11.7. The summed E-state index contributed by atoms with van der Waals surface area (Å²) < 4.78 is 5.17. The first-order valence-corrected chi connectivity index (χ1v) is 4.93. The summed E-state index contributed by atoms with van der Waals surface area (Å²) in [6.07, 6.45) is 3.94. The number of nitrogens with zero attached hydrogens (tertiary/aromatic N) is 2. The molecule has 1 aliphatic heterocycles. The molecule has 0 aliphatic carbocycles. The third-order valence-corrected chi connectivity index (χ3v) is 2.31. The van der Waals surface area contributed by atoms with Crippen LogP contribution in [0.15, 0.2) is 12.4 Å². The van der Waals surface area contributed by atoms with E-state index >= 15 is 0 Å². The molecule has 0 radical (unpaired) electrons. The van der Waals surface area contributed by atoms with E-state index in [4.69, 9.17) is 4.74 Å². The number of carbonyl (C=O) groups is 1. The number of hydrogen-bond acceptors (Lipinski definition) is 4. The Morgan fingerprint density at radius 3 is 2.87 bits per heavy atom. The van der Waals surface area contributed by atoms with Gasteiger partial charge in [-0.3, -0.25) is 4.79 Å². The van der Waals surface area contributed by atoms with Crippen LogP contribution in [0.1, 0.15) is 22.6 Å². The van der Waals surface area contributed by atoms with E-state index < -0.39 is 0 Å². The molecule has 1 aromatic heterocycles. The summed E-state index contributed by atoms with van der Waals surface area (Å²) in [6, 6.07) is 0.124. The molecule has 5 heteroatoms. The van der Waals surface area contributed by atoms with Crippen molar-refractivity contribution in [3.8, 4) is 0 Å². The molecule has 0 saturated carbocycles. The van der Waals surface area contributed by atoms with Crippen molar-refractivity contribution in [2.75, 3.05) is 13.2 Å². The highest BCUT2D eigenvalue weighted by atomic mass is 16.5. The standard InChI is InChI=1S/C10H13N3O2/c1-7-11-4-8(5-12-7)10(14)13-9-2-3-15-6-9/h4-5,9H,2-3,6H2,1H3,(H,13,14). The summed E-state index contributed by atoms with van der Waals surface area (Å²) in [5, 5.41) is 2.87. The van der Waals surface area contributed by atoms with Crippen LogP contribution in [0.5, 0.6) is 0 Å². The molecule has 1 saturated heterocycles. The van der Waals surface area contributed by atoms with Crippen molar-refractivity contribution in [1.82, 2.24) is 15.3 Å². The fraction of sp³-hybridized carbons (Fsp3) is 0.500. The van der Waals surface area contributed by atoms with Gasteiger partial charge in [0.25, 0.3) is 5.91 Å². The lowest BCUT2D eigenvalue weighted by Crippen LogP contribution is -2.35. The minimum absolute atomic E-state index is 0.124. The Labute approximate surface area is 87.9 Å². The lowest BCUT2D eigenvalue weighted by molar-refractivity contribution is 0.0929. The second kappa shape index (κ2) is 4.35. The molecule has 1 unspecified atom stereocenters. The summed E-state index contributed by atoms with van der Waals surface area (Å²) in [5.41, 5.74) is 0.493. The van der Waals surface area contributed by atoms with Gasteiger partial charge < -0.3 is 10.1 Å². The maximum Gasteiger partial charge on any atom is 0.254 e. The third-order valence-electron chi connectivity index (χ3n) is 2.31. The highest BCUT2D eigenvalue weighted by molar-refractivity contribution is 5.93. The molecule has 15 heavy (non-hydrogen) atoms. The summed E-state index contributed by atoms with van der Waals surface area (Å²) in [5.74, 6) is 0.529. The monoisotopic (exact) mass is 207 g/mol. The van der Waals surface area contributed by atoms with Gasteiger partial charge in [0.2, 0.25) is 0 Å². The van der Waals surface area contributed by atoms with E-state index in [1.54, 1.807) is 6.92 Å². The number of hydrogen-bond donors (Lipinski definition) is 1. The van der Waals surface area contributed by atoms with Crippen molar-refractivity contribution in [3.05, 3.63) is 23.8 Å². The van der Waals surface area contributed by atoms with Gasteiger partial charge in [0.05, 0.1) is 18.2 Å². The molecule has 0 aromatic carbocycles. The molecular formula is C10H13N3O2. The Balaban J connectivity index is 1.98. The molecule has 80 valence electrons. The minimum Gasteiger partial charge on any atom is -0.379 e. The summed E-state index contributed by atoms with van der Waals surface area (Å²) >= 11 is 0. The zero-order valence-corrected chi connectivity index (χ0v) is 8.56. The van der Waals surface area contributed by atoms with Crippen LogP contribution in [-0.2, 0) is 4.74 Å². The van der Waals surface area contributed by atoms with Crippen LogP contribution in [0.4, 0.5) is 0 Å². The van der Waals surface area contributed by atoms with Gasteiger partial charge in [-0.1, -0.05) is 0 Å². The van der Waals surface area contributed by atoms with Gasteiger partial charge in [-0.05, 0) is 13.3 Å². The van der Waals surface area contributed by atoms with Crippen molar-refractivity contribution in [1.29, 1.82) is 0 Å². The summed E-state index contributed by atoms with van der Waals surface area (Å²) in [6.45, 7) is 3.10. The quantitative estimate of drug-likeness (QED) is 0.757. The second-order valence-corrected chi connectivity index (χ2v) is 3.55. The van der Waals surface area contributed by atoms with Crippen molar-refractivity contribution in [2.24, 2.45) is 0 Å². The fourth-order valence-electron chi connectivity index (χ4n) is 1.43. The highest BCUT2D eigenvalue weighted by Crippen LogP contribution is 2.04. The number of aryl methyl sites for hydroxylation is 1. The Bertz CT molecular complexity index is 344. The van der Waals surface area contributed by atoms with Crippen LogP contribution in [0.25, 0.3) is 0 Å². The average Bonchev–Trinajstić information content (AvgIpc) is 2.71. The van der Waals surface area contributed by atoms with Crippen molar-refractivity contribution in [2.45, 2.75) is 19.4 Å². The van der Waals surface area contributed by atoms with E-state index in [1.165, 1.54) is 12.4 Å². The van der Waals surface area contributed by atoms with Gasteiger partial charge in [0, 0.05) is 19.0 Å². The van der Waals surface area contributed by atoms with Gasteiger partial charge >= 0.3 is 0 Å². The van der Waals surface area contributed by atoms with Crippen molar-refractivity contribution < 1.29 is 9.53 Å². The van der Waals surface area contributed by atoms with Crippen LogP contribution >= 0.6 is 0 Å². The minimum atomic E-state index is -0.134. The van der Waals surface area contributed by atoms with E-state index in [0.29, 0.717) is 18.0 Å². The number of nitrogens with one attached hydrogen (secondary N) is 1. The summed E-state index contributed by atoms with van der Waals surface area (Å²) in [4.78, 5) is 19.6. The largest absolute Gasteiger partial charge is 0.379 e. The summed E-state index contributed by atoms with van der Waals surface area (Å²) in [7, 11) is 0. The second-order valence-electron chi connectivity index (χ2n) is 3.55. The predicted octanol–water partition coefficient (Wildman–Crippen LogP) is 0.304. The Kier molecular flexibility index (Phi) is 2.91. The first kappa shape index (κ1) is 10.0. The van der Waals surface area contributed by atoms with Crippen LogP contribution < -0.4 is 5.32 Å². The van der Waals surface area contributed by atoms with Gasteiger partial charge in [-0.2, -0.15) is 0 Å². The average molecular weight is 207 g/mol. The predicted molar refractivity (Wildman–Crippen MR) is 53.5 cm³/mol. The zero-order valence-electron chi connectivity index (χ0n) is 8.56. The zero-order chi connectivity index (χ0) is 10.7. The Morgan fingerprint density at radius 1 is 1.53 bits per heavy atom. The molecule has 1 N–H and O–H groups in total. The van der Waals surface area contributed by atoms with Crippen molar-refractivity contribution >= 4 is 5.91 Å². The number of aromatic nitrogens is 2. The van der Waals surface area contributed by atoms with Gasteiger partial charge in [0.15, 0.2) is 0 Å². The molecular weight excluding hydrogens is 194 g/mol. The van der Waals surface area contributed by atoms with Crippen LogP contribution in [0.2, 0.25) is 0 Å². The van der Waals surface area contributed by atoms with Gasteiger partial charge in [-0.15, -0.1) is 0 Å². The molecule has 1 aromatic rings. The number of carbonyl (C=O) groups excluding carboxylic acids is 1. The topological polar surface area (TPSA) is 64.1 Å². The molecule has 0 spiro atoms. The van der Waals surface area contributed by atoms with Gasteiger partial charge in [-0.25, -0.2) is 9.97 Å². The molecule has 1 fully saturated rings. The third kappa shape index (κ3) is 2.50. The molecule has 2 heterocycles. The van der Waals surface area contributed by atoms with E-state index in [-0.39, 0.29) is 11.9 Å². The van der Waals surface area contributed by atoms with Gasteiger partial charge in [0.1, 0.15) is 5.82 Å². The first-order valence-electron chi connectivity index (χ1n) is 4.93. The molecule has 1 atom stereocenters. The number of rotatable bonds is 2. The van der Waals surface area contributed by atoms with Crippen LogP contribution in [0, 0.1) is 6.92 Å². The van der Waals surface area contributed by atoms with E-state index in [2.05, 4.69) is 15.3 Å². The SMILES string of the molecule is Cc1ncc(C(=O)NC2CCOC2)cn1. The fourth-order valence-corrected chi connectivity index (χ4v) is 1.43. The first-order chi connectivity index (χ1) is 7.25. The van der Waals surface area contributed by atoms with E-state index in [9.17, 15) is 4.79 Å². The van der Waals surface area contributed by atoms with E-state index in [1.807, 2.05) is 0 Å². The molecule has 0 bridgehead atoms. The maximum absolute atomic E-state index is 11.7. The molecule has 1 amide bonds. The number of ether oxygens (including phenoxy) is 1. The lowest BCUT2D eigenvalue weighted by atomic mass is 10.2. The molecule has 2 rings (SSSR count). The normalized spacial score (nSPS) is 20.2. The number of amides is 1. The lowest BCUT2D eigenvalue weighted by Gasteiger charge is -2.09. The smallest absolute Gasteiger partial charge is 0.254 e. The van der Waals surface area contributed by atoms with Crippen LogP contribution in [0.3, 0.4) is 0 Å². The molecule has 5 nitrogen and oxygen atoms in total. The van der Waals surface area contributed by atoms with E-state index in [0.717, 1.165) is 13.0 Å².